The van der Waals surface area contributed by atoms with Gasteiger partial charge in [0.1, 0.15) is 5.76 Å². The fourth-order valence-electron chi connectivity index (χ4n) is 2.88. The number of aromatic nitrogens is 1. The first-order valence-corrected chi connectivity index (χ1v) is 8.39. The molecule has 0 amide bonds. The first-order chi connectivity index (χ1) is 10.4. The highest BCUT2D eigenvalue weighted by molar-refractivity contribution is 7.73. The van der Waals surface area contributed by atoms with E-state index in [9.17, 15) is 9.90 Å². The zero-order valence-corrected chi connectivity index (χ0v) is 14.3. The van der Waals surface area contributed by atoms with Crippen molar-refractivity contribution in [3.63, 3.8) is 0 Å². The van der Waals surface area contributed by atoms with E-state index in [-0.39, 0.29) is 0 Å². The van der Waals surface area contributed by atoms with E-state index in [1.807, 2.05) is 13.8 Å². The van der Waals surface area contributed by atoms with Crippen molar-refractivity contribution in [1.29, 1.82) is 0 Å². The molecule has 2 aliphatic rings. The lowest BCUT2D eigenvalue weighted by molar-refractivity contribution is -0.148. The molecule has 1 heterocycles. The SMILES string of the molecule is CCC(OC1=C(C)C=C2C(=c3[nH]c(=S)sc3=C2C)C1)C(=O)O. The molecule has 3 rings (SSSR count). The second-order valence-corrected chi connectivity index (χ2v) is 7.20. The van der Waals surface area contributed by atoms with Crippen molar-refractivity contribution < 1.29 is 14.6 Å². The van der Waals surface area contributed by atoms with E-state index in [2.05, 4.69) is 18.0 Å². The third-order valence-corrected chi connectivity index (χ3v) is 5.44. The van der Waals surface area contributed by atoms with E-state index in [1.165, 1.54) is 15.7 Å². The van der Waals surface area contributed by atoms with Crippen LogP contribution in [0.3, 0.4) is 0 Å². The number of carbonyl (C=O) groups is 1. The Morgan fingerprint density at radius 1 is 1.55 bits per heavy atom. The number of allylic oxidation sites excluding steroid dienone is 4. The molecule has 2 aliphatic carbocycles. The second-order valence-electron chi connectivity index (χ2n) is 5.52. The number of aromatic amines is 1. The first kappa shape index (κ1) is 15.2. The first-order valence-electron chi connectivity index (χ1n) is 7.17. The van der Waals surface area contributed by atoms with Gasteiger partial charge in [-0.2, -0.15) is 0 Å². The average molecular weight is 335 g/mol. The minimum atomic E-state index is -0.924. The number of rotatable bonds is 4. The van der Waals surface area contributed by atoms with Crippen LogP contribution in [0.5, 0.6) is 0 Å². The molecule has 0 aromatic carbocycles. The molecule has 6 heteroatoms. The third kappa shape index (κ3) is 2.36. The predicted molar refractivity (Wildman–Crippen MR) is 89.4 cm³/mol. The van der Waals surface area contributed by atoms with Crippen LogP contribution in [0.1, 0.15) is 33.6 Å². The molecule has 0 aliphatic heterocycles. The zero-order chi connectivity index (χ0) is 16.0. The Bertz CT molecular complexity index is 899. The van der Waals surface area contributed by atoms with Gasteiger partial charge >= 0.3 is 5.97 Å². The third-order valence-electron chi connectivity index (χ3n) is 4.09. The lowest BCUT2D eigenvalue weighted by Gasteiger charge is -2.23. The molecule has 0 saturated carbocycles. The molecule has 0 spiro atoms. The summed E-state index contributed by atoms with van der Waals surface area (Å²) in [5, 5.41) is 10.3. The Balaban J connectivity index is 2.05. The van der Waals surface area contributed by atoms with E-state index < -0.39 is 12.1 Å². The minimum absolute atomic E-state index is 0.440. The molecule has 1 unspecified atom stereocenters. The Labute approximate surface area is 137 Å². The molecule has 0 radical (unpaired) electrons. The van der Waals surface area contributed by atoms with Crippen LogP contribution in [-0.2, 0) is 9.53 Å². The number of ether oxygens (including phenoxy) is 1. The summed E-state index contributed by atoms with van der Waals surface area (Å²) in [6.45, 7) is 5.88. The Morgan fingerprint density at radius 3 is 2.91 bits per heavy atom. The number of hydrogen-bond acceptors (Lipinski definition) is 4. The van der Waals surface area contributed by atoms with Gasteiger partial charge in [0.2, 0.25) is 0 Å². The van der Waals surface area contributed by atoms with Gasteiger partial charge in [0, 0.05) is 6.42 Å². The van der Waals surface area contributed by atoms with E-state index in [0.717, 1.165) is 26.2 Å². The van der Waals surface area contributed by atoms with E-state index in [4.69, 9.17) is 17.0 Å². The van der Waals surface area contributed by atoms with Crippen molar-refractivity contribution in [1.82, 2.24) is 4.98 Å². The maximum absolute atomic E-state index is 11.2. The van der Waals surface area contributed by atoms with Crippen molar-refractivity contribution in [2.24, 2.45) is 0 Å². The number of nitrogens with one attached hydrogen (secondary N) is 1. The van der Waals surface area contributed by atoms with E-state index in [0.29, 0.717) is 12.8 Å². The molecule has 4 nitrogen and oxygen atoms in total. The molecule has 1 aromatic rings. The smallest absolute Gasteiger partial charge is 0.344 e. The number of fused-ring (bicyclic) bond motifs is 2. The fraction of sp³-hybridized carbons (Fsp3) is 0.375. The summed E-state index contributed by atoms with van der Waals surface area (Å²) < 4.78 is 7.70. The highest BCUT2D eigenvalue weighted by Gasteiger charge is 2.27. The van der Waals surface area contributed by atoms with E-state index >= 15 is 0 Å². The Kier molecular flexibility index (Phi) is 3.82. The number of hydrogen-bond donors (Lipinski definition) is 2. The standard InChI is InChI=1S/C16H17NO3S2/c1-4-11(15(18)19)20-12-6-10-9(5-7(12)2)8(3)14-13(10)17-16(21)22-14/h5,11H,4,6H2,1-3H3,(H,17,21)(H,18,19). The number of thiazole rings is 1. The van der Waals surface area contributed by atoms with Gasteiger partial charge < -0.3 is 14.8 Å². The summed E-state index contributed by atoms with van der Waals surface area (Å²) in [6.07, 6.45) is 2.33. The quantitative estimate of drug-likeness (QED) is 0.831. The number of carboxylic acids is 1. The van der Waals surface area contributed by atoms with Crippen LogP contribution >= 0.6 is 23.6 Å². The van der Waals surface area contributed by atoms with Gasteiger partial charge in [0.15, 0.2) is 10.1 Å². The van der Waals surface area contributed by atoms with Gasteiger partial charge in [0.05, 0.1) is 9.88 Å². The molecule has 2 N–H and O–H groups in total. The summed E-state index contributed by atoms with van der Waals surface area (Å²) >= 11 is 6.82. The predicted octanol–water partition coefficient (Wildman–Crippen LogP) is 2.62. The molecular formula is C16H17NO3S2. The van der Waals surface area contributed by atoms with Crippen LogP contribution in [0.4, 0.5) is 0 Å². The van der Waals surface area contributed by atoms with Crippen molar-refractivity contribution in [2.75, 3.05) is 0 Å². The van der Waals surface area contributed by atoms with Crippen molar-refractivity contribution in [2.45, 2.75) is 39.7 Å². The van der Waals surface area contributed by atoms with Gasteiger partial charge in [0.25, 0.3) is 0 Å². The van der Waals surface area contributed by atoms with E-state index in [1.54, 1.807) is 11.3 Å². The summed E-state index contributed by atoms with van der Waals surface area (Å²) in [6, 6.07) is 0. The molecule has 1 atom stereocenters. The summed E-state index contributed by atoms with van der Waals surface area (Å²) in [4.78, 5) is 14.5. The zero-order valence-electron chi connectivity index (χ0n) is 12.6. The fourth-order valence-corrected chi connectivity index (χ4v) is 4.11. The number of H-pyrrole nitrogens is 1. The lowest BCUT2D eigenvalue weighted by atomic mass is 9.92. The van der Waals surface area contributed by atoms with Gasteiger partial charge in [-0.15, -0.1) is 11.3 Å². The molecule has 22 heavy (non-hydrogen) atoms. The van der Waals surface area contributed by atoms with Crippen LogP contribution in [-0.4, -0.2) is 22.2 Å². The highest BCUT2D eigenvalue weighted by Crippen LogP contribution is 2.36. The maximum Gasteiger partial charge on any atom is 0.344 e. The van der Waals surface area contributed by atoms with Gasteiger partial charge in [-0.05, 0) is 60.9 Å². The summed E-state index contributed by atoms with van der Waals surface area (Å²) in [5.41, 5.74) is 4.58. The molecule has 0 saturated heterocycles. The van der Waals surface area contributed by atoms with Gasteiger partial charge in [-0.25, -0.2) is 4.79 Å². The largest absolute Gasteiger partial charge is 0.482 e. The van der Waals surface area contributed by atoms with Crippen LogP contribution in [0.25, 0.3) is 11.1 Å². The van der Waals surface area contributed by atoms with Gasteiger partial charge in [-0.1, -0.05) is 6.92 Å². The van der Waals surface area contributed by atoms with Crippen molar-refractivity contribution >= 4 is 40.7 Å². The monoisotopic (exact) mass is 335 g/mol. The minimum Gasteiger partial charge on any atom is -0.482 e. The average Bonchev–Trinajstić information content (AvgIpc) is 2.95. The van der Waals surface area contributed by atoms with Crippen LogP contribution in [0, 0.1) is 3.95 Å². The summed E-state index contributed by atoms with van der Waals surface area (Å²) in [7, 11) is 0. The highest BCUT2D eigenvalue weighted by atomic mass is 32.1. The van der Waals surface area contributed by atoms with Crippen LogP contribution < -0.4 is 9.88 Å². The molecule has 1 aromatic heterocycles. The Hall–Kier alpha value is -1.66. The number of aliphatic carboxylic acids is 1. The molecule has 0 bridgehead atoms. The second kappa shape index (κ2) is 5.52. The van der Waals surface area contributed by atoms with Crippen molar-refractivity contribution in [3.05, 3.63) is 36.8 Å². The number of carboxylic acid groups (broad SMARTS) is 1. The van der Waals surface area contributed by atoms with Crippen molar-refractivity contribution in [3.8, 4) is 0 Å². The summed E-state index contributed by atoms with van der Waals surface area (Å²) in [5.74, 6) is -0.188. The normalized spacial score (nSPS) is 18.0. The maximum atomic E-state index is 11.2. The molecule has 116 valence electrons. The topological polar surface area (TPSA) is 62.3 Å². The van der Waals surface area contributed by atoms with Crippen LogP contribution in [0.2, 0.25) is 0 Å². The molecule has 0 fully saturated rings. The van der Waals surface area contributed by atoms with Gasteiger partial charge in [-0.3, -0.25) is 0 Å². The Morgan fingerprint density at radius 2 is 2.27 bits per heavy atom. The molecular weight excluding hydrogens is 318 g/mol. The lowest BCUT2D eigenvalue weighted by Crippen LogP contribution is -2.25. The van der Waals surface area contributed by atoms with Crippen LogP contribution in [0.15, 0.2) is 23.0 Å².